The molecule has 4 heteroatoms. The third kappa shape index (κ3) is 3.79. The summed E-state index contributed by atoms with van der Waals surface area (Å²) in [7, 11) is 0. The zero-order valence-corrected chi connectivity index (χ0v) is 13.8. The van der Waals surface area contributed by atoms with Crippen LogP contribution in [0.2, 0.25) is 0 Å². The van der Waals surface area contributed by atoms with Crippen molar-refractivity contribution in [1.82, 2.24) is 14.8 Å². The Morgan fingerprint density at radius 3 is 3.00 bits per heavy atom. The molecule has 0 unspecified atom stereocenters. The predicted molar refractivity (Wildman–Crippen MR) is 90.3 cm³/mol. The summed E-state index contributed by atoms with van der Waals surface area (Å²) in [5.74, 6) is 0. The number of piperidine rings is 1. The second-order valence-electron chi connectivity index (χ2n) is 6.87. The fourth-order valence-electron chi connectivity index (χ4n) is 4.02. The number of nitrogens with zero attached hydrogens (tertiary/aromatic N) is 2. The monoisotopic (exact) mass is 303 g/mol. The molecule has 2 aliphatic heterocycles. The van der Waals surface area contributed by atoms with Crippen LogP contribution in [0.5, 0.6) is 0 Å². The van der Waals surface area contributed by atoms with Crippen LogP contribution >= 0.6 is 0 Å². The molecule has 3 heterocycles. The lowest BCUT2D eigenvalue weighted by atomic mass is 9.97. The molecule has 3 rings (SSSR count). The van der Waals surface area contributed by atoms with Crippen LogP contribution in [0.1, 0.15) is 44.2 Å². The Morgan fingerprint density at radius 1 is 1.23 bits per heavy atom. The standard InChI is InChI=1S/C18H29N3O/c1-15-6-4-8-18(22)21(15)12-3-2-10-19-16-9-13-20-11-5-7-17(20)14-16/h4,6,8,16-17,19H,2-3,5,7,9-14H2,1H3/t16-,17-/m1/s1. The number of fused-ring (bicyclic) bond motifs is 1. The highest BCUT2D eigenvalue weighted by Crippen LogP contribution is 2.26. The number of pyridine rings is 1. The van der Waals surface area contributed by atoms with Crippen molar-refractivity contribution >= 4 is 0 Å². The second-order valence-corrected chi connectivity index (χ2v) is 6.87. The highest BCUT2D eigenvalue weighted by atomic mass is 16.1. The van der Waals surface area contributed by atoms with Crippen LogP contribution in [-0.4, -0.2) is 41.2 Å². The van der Waals surface area contributed by atoms with E-state index in [1.165, 1.54) is 38.8 Å². The lowest BCUT2D eigenvalue weighted by Gasteiger charge is -2.35. The van der Waals surface area contributed by atoms with E-state index >= 15 is 0 Å². The van der Waals surface area contributed by atoms with E-state index in [1.807, 2.05) is 23.6 Å². The van der Waals surface area contributed by atoms with Gasteiger partial charge in [0.2, 0.25) is 0 Å². The van der Waals surface area contributed by atoms with Crippen molar-refractivity contribution in [2.75, 3.05) is 19.6 Å². The zero-order chi connectivity index (χ0) is 15.4. The van der Waals surface area contributed by atoms with Gasteiger partial charge in [-0.2, -0.15) is 0 Å². The van der Waals surface area contributed by atoms with Crippen molar-refractivity contribution in [3.8, 4) is 0 Å². The first-order valence-corrected chi connectivity index (χ1v) is 8.88. The molecule has 122 valence electrons. The SMILES string of the molecule is Cc1cccc(=O)n1CCCCN[C@@H]1CCN2CCC[C@@H]2C1. The first kappa shape index (κ1) is 15.8. The van der Waals surface area contributed by atoms with Gasteiger partial charge in [0, 0.05) is 30.4 Å². The Hall–Kier alpha value is -1.13. The van der Waals surface area contributed by atoms with Crippen molar-refractivity contribution in [3.63, 3.8) is 0 Å². The molecular formula is C18H29N3O. The summed E-state index contributed by atoms with van der Waals surface area (Å²) >= 11 is 0. The molecule has 1 aromatic rings. The quantitative estimate of drug-likeness (QED) is 0.818. The van der Waals surface area contributed by atoms with Gasteiger partial charge in [-0.1, -0.05) is 6.07 Å². The van der Waals surface area contributed by atoms with Crippen molar-refractivity contribution < 1.29 is 0 Å². The van der Waals surface area contributed by atoms with Crippen molar-refractivity contribution in [3.05, 3.63) is 34.2 Å². The van der Waals surface area contributed by atoms with E-state index in [0.29, 0.717) is 6.04 Å². The summed E-state index contributed by atoms with van der Waals surface area (Å²) < 4.78 is 1.89. The van der Waals surface area contributed by atoms with E-state index in [1.54, 1.807) is 6.07 Å². The van der Waals surface area contributed by atoms with Crippen molar-refractivity contribution in [1.29, 1.82) is 0 Å². The van der Waals surface area contributed by atoms with Crippen LogP contribution < -0.4 is 10.9 Å². The number of rotatable bonds is 6. The molecule has 0 spiro atoms. The van der Waals surface area contributed by atoms with Crippen LogP contribution in [0, 0.1) is 6.92 Å². The maximum Gasteiger partial charge on any atom is 0.250 e. The molecule has 4 nitrogen and oxygen atoms in total. The van der Waals surface area contributed by atoms with Gasteiger partial charge in [0.05, 0.1) is 0 Å². The molecular weight excluding hydrogens is 274 g/mol. The third-order valence-electron chi connectivity index (χ3n) is 5.33. The van der Waals surface area contributed by atoms with E-state index in [-0.39, 0.29) is 5.56 Å². The smallest absolute Gasteiger partial charge is 0.250 e. The Balaban J connectivity index is 1.35. The third-order valence-corrected chi connectivity index (χ3v) is 5.33. The lowest BCUT2D eigenvalue weighted by molar-refractivity contribution is 0.167. The van der Waals surface area contributed by atoms with Gasteiger partial charge in [0.1, 0.15) is 0 Å². The first-order chi connectivity index (χ1) is 10.7. The van der Waals surface area contributed by atoms with E-state index < -0.39 is 0 Å². The fourth-order valence-corrected chi connectivity index (χ4v) is 4.02. The summed E-state index contributed by atoms with van der Waals surface area (Å²) in [6, 6.07) is 7.05. The van der Waals surface area contributed by atoms with Crippen LogP contribution in [0.25, 0.3) is 0 Å². The molecule has 1 N–H and O–H groups in total. The van der Waals surface area contributed by atoms with Crippen molar-refractivity contribution in [2.45, 2.75) is 64.1 Å². The molecule has 22 heavy (non-hydrogen) atoms. The Morgan fingerprint density at radius 2 is 2.14 bits per heavy atom. The lowest BCUT2D eigenvalue weighted by Crippen LogP contribution is -2.45. The highest BCUT2D eigenvalue weighted by Gasteiger charge is 2.31. The number of unbranched alkanes of at least 4 members (excludes halogenated alkanes) is 1. The van der Waals surface area contributed by atoms with Crippen LogP contribution in [0.4, 0.5) is 0 Å². The zero-order valence-electron chi connectivity index (χ0n) is 13.8. The molecule has 0 bridgehead atoms. The van der Waals surface area contributed by atoms with E-state index in [2.05, 4.69) is 10.2 Å². The normalized spacial score (nSPS) is 25.3. The average Bonchev–Trinajstić information content (AvgIpc) is 2.97. The minimum Gasteiger partial charge on any atom is -0.314 e. The van der Waals surface area contributed by atoms with E-state index in [9.17, 15) is 4.79 Å². The van der Waals surface area contributed by atoms with Gasteiger partial charge in [-0.3, -0.25) is 4.79 Å². The molecule has 2 fully saturated rings. The summed E-state index contributed by atoms with van der Waals surface area (Å²) in [5, 5.41) is 3.74. The molecule has 1 aromatic heterocycles. The maximum atomic E-state index is 11.8. The molecule has 0 amide bonds. The number of hydrogen-bond donors (Lipinski definition) is 1. The van der Waals surface area contributed by atoms with Gasteiger partial charge in [-0.15, -0.1) is 0 Å². The number of nitrogens with one attached hydrogen (secondary N) is 1. The van der Waals surface area contributed by atoms with Gasteiger partial charge in [-0.05, 0) is 71.1 Å². The van der Waals surface area contributed by atoms with E-state index in [0.717, 1.165) is 37.7 Å². The second kappa shape index (κ2) is 7.42. The summed E-state index contributed by atoms with van der Waals surface area (Å²) in [4.78, 5) is 14.5. The summed E-state index contributed by atoms with van der Waals surface area (Å²) in [5.41, 5.74) is 1.19. The topological polar surface area (TPSA) is 37.3 Å². The highest BCUT2D eigenvalue weighted by molar-refractivity contribution is 5.04. The number of aryl methyl sites for hydroxylation is 1. The van der Waals surface area contributed by atoms with Crippen molar-refractivity contribution in [2.24, 2.45) is 0 Å². The van der Waals surface area contributed by atoms with Gasteiger partial charge >= 0.3 is 0 Å². The molecule has 2 aliphatic rings. The molecule has 2 atom stereocenters. The molecule has 0 aliphatic carbocycles. The predicted octanol–water partition coefficient (Wildman–Crippen LogP) is 2.15. The molecule has 2 saturated heterocycles. The van der Waals surface area contributed by atoms with Gasteiger partial charge in [0.15, 0.2) is 0 Å². The molecule has 0 radical (unpaired) electrons. The van der Waals surface area contributed by atoms with E-state index in [4.69, 9.17) is 0 Å². The number of aromatic nitrogens is 1. The van der Waals surface area contributed by atoms with Crippen LogP contribution in [0.3, 0.4) is 0 Å². The average molecular weight is 303 g/mol. The summed E-state index contributed by atoms with van der Waals surface area (Å²) in [6.07, 6.45) is 7.63. The Labute approximate surface area is 133 Å². The van der Waals surface area contributed by atoms with Gasteiger partial charge < -0.3 is 14.8 Å². The molecule has 0 saturated carbocycles. The minimum atomic E-state index is 0.126. The summed E-state index contributed by atoms with van der Waals surface area (Å²) in [6.45, 7) is 6.53. The molecule has 0 aromatic carbocycles. The minimum absolute atomic E-state index is 0.126. The fraction of sp³-hybridized carbons (Fsp3) is 0.722. The largest absolute Gasteiger partial charge is 0.314 e. The number of hydrogen-bond acceptors (Lipinski definition) is 3. The Bertz CT molecular complexity index is 539. The maximum absolute atomic E-state index is 11.8. The van der Waals surface area contributed by atoms with Gasteiger partial charge in [-0.25, -0.2) is 0 Å². The first-order valence-electron chi connectivity index (χ1n) is 8.88. The van der Waals surface area contributed by atoms with Crippen LogP contribution in [-0.2, 0) is 6.54 Å². The van der Waals surface area contributed by atoms with Crippen LogP contribution in [0.15, 0.2) is 23.0 Å². The van der Waals surface area contributed by atoms with Gasteiger partial charge in [0.25, 0.3) is 5.56 Å². The Kier molecular flexibility index (Phi) is 5.32.